The maximum atomic E-state index is 13.3. The van der Waals surface area contributed by atoms with Crippen molar-refractivity contribution >= 4 is 27.5 Å². The normalized spacial score (nSPS) is 18.0. The van der Waals surface area contributed by atoms with E-state index in [0.717, 1.165) is 18.4 Å². The molecule has 0 heterocycles. The Balaban J connectivity index is 2.33. The minimum Gasteiger partial charge on any atom is -0.496 e. The number of ether oxygens (including phenoxy) is 1. The van der Waals surface area contributed by atoms with E-state index in [4.69, 9.17) is 16.3 Å². The highest BCUT2D eigenvalue weighted by atomic mass is 79.9. The predicted octanol–water partition coefficient (Wildman–Crippen LogP) is 4.68. The van der Waals surface area contributed by atoms with Gasteiger partial charge in [-0.3, -0.25) is 0 Å². The molecule has 1 fully saturated rings. The third kappa shape index (κ3) is 2.21. The summed E-state index contributed by atoms with van der Waals surface area (Å²) in [7, 11) is 1.54. The van der Waals surface area contributed by atoms with Gasteiger partial charge in [0.25, 0.3) is 0 Å². The van der Waals surface area contributed by atoms with Crippen molar-refractivity contribution in [1.29, 1.82) is 0 Å². The van der Waals surface area contributed by atoms with E-state index >= 15 is 0 Å². The minimum absolute atomic E-state index is 0.0828. The lowest BCUT2D eigenvalue weighted by atomic mass is 9.80. The van der Waals surface area contributed by atoms with Gasteiger partial charge in [0.2, 0.25) is 0 Å². The number of methoxy groups -OCH3 is 1. The molecule has 1 nitrogen and oxygen atoms in total. The zero-order chi connectivity index (χ0) is 11.7. The average Bonchev–Trinajstić information content (AvgIpc) is 2.18. The topological polar surface area (TPSA) is 9.23 Å². The summed E-state index contributed by atoms with van der Waals surface area (Å²) in [4.78, 5) is 0. The first kappa shape index (κ1) is 12.2. The Hall–Kier alpha value is -0.280. The van der Waals surface area contributed by atoms with Gasteiger partial charge < -0.3 is 4.74 Å². The van der Waals surface area contributed by atoms with Gasteiger partial charge >= 0.3 is 0 Å². The molecule has 16 heavy (non-hydrogen) atoms. The van der Waals surface area contributed by atoms with Crippen LogP contribution < -0.4 is 4.74 Å². The Labute approximate surface area is 108 Å². The molecule has 1 aromatic carbocycles. The Morgan fingerprint density at radius 1 is 1.50 bits per heavy atom. The fourth-order valence-electron chi connectivity index (χ4n) is 1.92. The number of benzene rings is 1. The monoisotopic (exact) mass is 306 g/mol. The molecule has 4 heteroatoms. The molecule has 0 N–H and O–H groups in total. The van der Waals surface area contributed by atoms with Crippen LogP contribution in [0.4, 0.5) is 4.39 Å². The van der Waals surface area contributed by atoms with Crippen LogP contribution in [0.15, 0.2) is 16.6 Å². The fraction of sp³-hybridized carbons (Fsp3) is 0.500. The summed E-state index contributed by atoms with van der Waals surface area (Å²) >= 11 is 9.57. The first-order chi connectivity index (χ1) is 7.63. The van der Waals surface area contributed by atoms with Crippen LogP contribution >= 0.6 is 27.5 Å². The van der Waals surface area contributed by atoms with Crippen LogP contribution in [0.5, 0.6) is 5.75 Å². The molecule has 1 aromatic rings. The number of hydrogen-bond donors (Lipinski definition) is 0. The Morgan fingerprint density at radius 2 is 2.19 bits per heavy atom. The number of halogens is 3. The first-order valence-electron chi connectivity index (χ1n) is 5.30. The van der Waals surface area contributed by atoms with Crippen LogP contribution in [0.2, 0.25) is 0 Å². The third-order valence-corrected chi connectivity index (χ3v) is 4.33. The smallest absolute Gasteiger partial charge is 0.141 e. The Morgan fingerprint density at radius 3 is 2.69 bits per heavy atom. The summed E-state index contributed by atoms with van der Waals surface area (Å²) in [6.45, 7) is 0. The predicted molar refractivity (Wildman–Crippen MR) is 66.6 cm³/mol. The summed E-state index contributed by atoms with van der Waals surface area (Å²) in [5.41, 5.74) is 0.877. The second-order valence-electron chi connectivity index (χ2n) is 4.10. The number of alkyl halides is 1. The van der Waals surface area contributed by atoms with E-state index < -0.39 is 0 Å². The van der Waals surface area contributed by atoms with Gasteiger partial charge in [0.15, 0.2) is 0 Å². The summed E-state index contributed by atoms with van der Waals surface area (Å²) in [6.07, 6.45) is 3.52. The van der Waals surface area contributed by atoms with Crippen LogP contribution in [0, 0.1) is 11.7 Å². The summed E-state index contributed by atoms with van der Waals surface area (Å²) in [5, 5.41) is -0.0828. The molecule has 0 aromatic heterocycles. The molecule has 88 valence electrons. The largest absolute Gasteiger partial charge is 0.496 e. The van der Waals surface area contributed by atoms with Crippen LogP contribution in [0.25, 0.3) is 0 Å². The lowest BCUT2D eigenvalue weighted by Gasteiger charge is -2.30. The number of rotatable bonds is 3. The van der Waals surface area contributed by atoms with Gasteiger partial charge in [0.05, 0.1) is 17.0 Å². The average molecular weight is 308 g/mol. The molecule has 1 saturated carbocycles. The van der Waals surface area contributed by atoms with E-state index in [1.54, 1.807) is 6.07 Å². The van der Waals surface area contributed by atoms with Crippen LogP contribution in [-0.4, -0.2) is 7.11 Å². The van der Waals surface area contributed by atoms with Crippen molar-refractivity contribution < 1.29 is 9.13 Å². The lowest BCUT2D eigenvalue weighted by molar-refractivity contribution is 0.300. The quantitative estimate of drug-likeness (QED) is 0.737. The molecule has 1 aliphatic rings. The minimum atomic E-state index is -0.321. The van der Waals surface area contributed by atoms with Crippen LogP contribution in [0.1, 0.15) is 30.2 Å². The van der Waals surface area contributed by atoms with Crippen molar-refractivity contribution in [3.05, 3.63) is 28.0 Å². The van der Waals surface area contributed by atoms with Crippen molar-refractivity contribution in [3.8, 4) is 5.75 Å². The zero-order valence-electron chi connectivity index (χ0n) is 8.97. The van der Waals surface area contributed by atoms with E-state index in [0.29, 0.717) is 16.1 Å². The van der Waals surface area contributed by atoms with Gasteiger partial charge in [0, 0.05) is 11.6 Å². The second kappa shape index (κ2) is 4.92. The maximum Gasteiger partial charge on any atom is 0.141 e. The summed E-state index contributed by atoms with van der Waals surface area (Å²) in [5.74, 6) is 0.707. The van der Waals surface area contributed by atoms with Gasteiger partial charge in [-0.25, -0.2) is 4.39 Å². The van der Waals surface area contributed by atoms with Crippen molar-refractivity contribution in [2.45, 2.75) is 24.6 Å². The van der Waals surface area contributed by atoms with Crippen molar-refractivity contribution in [3.63, 3.8) is 0 Å². The van der Waals surface area contributed by atoms with E-state index in [-0.39, 0.29) is 11.2 Å². The van der Waals surface area contributed by atoms with Gasteiger partial charge in [-0.15, -0.1) is 11.6 Å². The Kier molecular flexibility index (Phi) is 3.75. The molecule has 1 aliphatic carbocycles. The van der Waals surface area contributed by atoms with E-state index in [1.165, 1.54) is 19.6 Å². The van der Waals surface area contributed by atoms with Crippen LogP contribution in [0.3, 0.4) is 0 Å². The highest BCUT2D eigenvalue weighted by Gasteiger charge is 2.29. The van der Waals surface area contributed by atoms with Gasteiger partial charge in [-0.05, 0) is 40.8 Å². The van der Waals surface area contributed by atoms with Crippen molar-refractivity contribution in [1.82, 2.24) is 0 Å². The second-order valence-corrected chi connectivity index (χ2v) is 5.43. The first-order valence-corrected chi connectivity index (χ1v) is 6.53. The van der Waals surface area contributed by atoms with E-state index in [2.05, 4.69) is 15.9 Å². The molecular formula is C12H13BrClFO. The molecule has 1 unspecified atom stereocenters. The molecule has 0 spiro atoms. The summed E-state index contributed by atoms with van der Waals surface area (Å²) < 4.78 is 19.0. The molecule has 1 atom stereocenters. The zero-order valence-corrected chi connectivity index (χ0v) is 11.3. The lowest BCUT2D eigenvalue weighted by Crippen LogP contribution is -2.17. The van der Waals surface area contributed by atoms with Crippen LogP contribution in [-0.2, 0) is 0 Å². The Bertz CT molecular complexity index is 393. The van der Waals surface area contributed by atoms with Crippen molar-refractivity contribution in [2.24, 2.45) is 5.92 Å². The molecule has 2 rings (SSSR count). The van der Waals surface area contributed by atoms with E-state index in [9.17, 15) is 4.39 Å². The SMILES string of the molecule is COc1cc(F)c(Br)cc1C(Cl)C1CCC1. The molecule has 0 saturated heterocycles. The van der Waals surface area contributed by atoms with E-state index in [1.807, 2.05) is 0 Å². The maximum absolute atomic E-state index is 13.3. The molecule has 0 aliphatic heterocycles. The van der Waals surface area contributed by atoms with Gasteiger partial charge in [-0.2, -0.15) is 0 Å². The van der Waals surface area contributed by atoms with Gasteiger partial charge in [0.1, 0.15) is 11.6 Å². The number of hydrogen-bond acceptors (Lipinski definition) is 1. The molecule has 0 amide bonds. The van der Waals surface area contributed by atoms with Crippen molar-refractivity contribution in [2.75, 3.05) is 7.11 Å². The molecule has 0 radical (unpaired) electrons. The fourth-order valence-corrected chi connectivity index (χ4v) is 2.71. The molecular weight excluding hydrogens is 294 g/mol. The molecule has 0 bridgehead atoms. The third-order valence-electron chi connectivity index (χ3n) is 3.13. The van der Waals surface area contributed by atoms with Gasteiger partial charge in [-0.1, -0.05) is 6.42 Å². The highest BCUT2D eigenvalue weighted by molar-refractivity contribution is 9.10. The summed E-state index contributed by atoms with van der Waals surface area (Å²) in [6, 6.07) is 3.11. The standard InChI is InChI=1S/C12H13BrClFO/c1-16-11-6-10(15)9(13)5-8(11)12(14)7-3-2-4-7/h5-7,12H,2-4H2,1H3. The highest BCUT2D eigenvalue weighted by Crippen LogP contribution is 2.45.